The quantitative estimate of drug-likeness (QED) is 0.857. The summed E-state index contributed by atoms with van der Waals surface area (Å²) in [5.74, 6) is 0.409. The van der Waals surface area contributed by atoms with Crippen LogP contribution in [-0.4, -0.2) is 51.8 Å². The van der Waals surface area contributed by atoms with Gasteiger partial charge < -0.3 is 9.80 Å². The van der Waals surface area contributed by atoms with Crippen molar-refractivity contribution < 1.29 is 4.79 Å². The number of hydrogen-bond acceptors (Lipinski definition) is 5. The number of aromatic nitrogens is 3. The normalized spacial score (nSPS) is 25.0. The third-order valence-electron chi connectivity index (χ3n) is 5.07. The molecule has 0 aliphatic carbocycles. The first-order chi connectivity index (χ1) is 11.8. The van der Waals surface area contributed by atoms with Crippen molar-refractivity contribution in [2.24, 2.45) is 5.92 Å². The van der Waals surface area contributed by atoms with Crippen molar-refractivity contribution in [2.45, 2.75) is 31.7 Å². The molecule has 0 spiro atoms. The van der Waals surface area contributed by atoms with E-state index in [2.05, 4.69) is 19.9 Å². The van der Waals surface area contributed by atoms with Crippen molar-refractivity contribution in [3.05, 3.63) is 30.0 Å². The Morgan fingerprint density at radius 1 is 1.17 bits per heavy atom. The Labute approximate surface area is 146 Å². The molecule has 2 aromatic heterocycles. The van der Waals surface area contributed by atoms with Crippen LogP contribution in [0.5, 0.6) is 0 Å². The Morgan fingerprint density at radius 2 is 2.08 bits per heavy atom. The molecule has 24 heavy (non-hydrogen) atoms. The first-order valence-corrected chi connectivity index (χ1v) is 9.61. The Hall–Kier alpha value is -1.89. The van der Waals surface area contributed by atoms with E-state index >= 15 is 0 Å². The summed E-state index contributed by atoms with van der Waals surface area (Å²) in [6.07, 6.45) is 9.86. The summed E-state index contributed by atoms with van der Waals surface area (Å²) in [6.45, 7) is 3.47. The minimum atomic E-state index is 0.0963. The van der Waals surface area contributed by atoms with Crippen LogP contribution in [-0.2, 0) is 4.79 Å². The molecule has 1 amide bonds. The summed E-state index contributed by atoms with van der Waals surface area (Å²) in [5.41, 5.74) is 0. The molecule has 2 fully saturated rings. The zero-order valence-corrected chi connectivity index (χ0v) is 14.6. The molecule has 0 unspecified atom stereocenters. The van der Waals surface area contributed by atoms with Gasteiger partial charge in [0.25, 0.3) is 0 Å². The Kier molecular flexibility index (Phi) is 4.51. The topological polar surface area (TPSA) is 54.3 Å². The number of thiazole rings is 1. The molecule has 0 radical (unpaired) electrons. The Bertz CT molecular complexity index is 600. The minimum Gasteiger partial charge on any atom is -0.347 e. The smallest absolute Gasteiger partial charge is 0.227 e. The summed E-state index contributed by atoms with van der Waals surface area (Å²) in [5, 5.41) is 7.40. The second-order valence-corrected chi connectivity index (χ2v) is 7.54. The van der Waals surface area contributed by atoms with E-state index in [4.69, 9.17) is 0 Å². The molecule has 2 aliphatic heterocycles. The van der Waals surface area contributed by atoms with Crippen molar-refractivity contribution in [3.63, 3.8) is 0 Å². The lowest BCUT2D eigenvalue weighted by molar-refractivity contribution is -0.137. The fourth-order valence-corrected chi connectivity index (χ4v) is 4.53. The minimum absolute atomic E-state index is 0.0963. The number of anilines is 1. The van der Waals surface area contributed by atoms with E-state index in [0.717, 1.165) is 57.0 Å². The lowest BCUT2D eigenvalue weighted by Crippen LogP contribution is -2.48. The maximum Gasteiger partial charge on any atom is 0.227 e. The van der Waals surface area contributed by atoms with Crippen LogP contribution in [0.1, 0.15) is 31.7 Å². The van der Waals surface area contributed by atoms with E-state index in [0.29, 0.717) is 11.9 Å². The van der Waals surface area contributed by atoms with E-state index in [1.807, 2.05) is 34.7 Å². The van der Waals surface area contributed by atoms with Crippen molar-refractivity contribution in [1.29, 1.82) is 0 Å². The number of carbonyl (C=O) groups excluding carboxylic acids is 1. The fourth-order valence-electron chi connectivity index (χ4n) is 3.85. The summed E-state index contributed by atoms with van der Waals surface area (Å²) in [7, 11) is 0. The molecule has 4 rings (SSSR count). The maximum atomic E-state index is 13.0. The lowest BCUT2D eigenvalue weighted by Gasteiger charge is -2.38. The molecule has 0 saturated carbocycles. The van der Waals surface area contributed by atoms with Gasteiger partial charge in [-0.3, -0.25) is 9.48 Å². The molecular formula is C17H23N5OS. The highest BCUT2D eigenvalue weighted by Crippen LogP contribution is 2.28. The van der Waals surface area contributed by atoms with Crippen molar-refractivity contribution in [1.82, 2.24) is 19.7 Å². The van der Waals surface area contributed by atoms with Crippen molar-refractivity contribution >= 4 is 22.4 Å². The van der Waals surface area contributed by atoms with Gasteiger partial charge in [0.1, 0.15) is 0 Å². The van der Waals surface area contributed by atoms with Crippen LogP contribution in [0.25, 0.3) is 0 Å². The lowest BCUT2D eigenvalue weighted by atomic mass is 9.95. The van der Waals surface area contributed by atoms with Crippen LogP contribution >= 0.6 is 11.3 Å². The van der Waals surface area contributed by atoms with E-state index < -0.39 is 0 Å². The maximum absolute atomic E-state index is 13.0. The molecule has 2 aromatic rings. The van der Waals surface area contributed by atoms with Crippen LogP contribution in [0.4, 0.5) is 5.13 Å². The average Bonchev–Trinajstić information content (AvgIpc) is 3.35. The highest BCUT2D eigenvalue weighted by molar-refractivity contribution is 7.13. The van der Waals surface area contributed by atoms with E-state index in [1.54, 1.807) is 11.3 Å². The predicted molar refractivity (Wildman–Crippen MR) is 94.1 cm³/mol. The number of rotatable bonds is 3. The number of nitrogens with zero attached hydrogens (tertiary/aromatic N) is 5. The molecule has 2 saturated heterocycles. The SMILES string of the molecule is O=C([C@@H]1CCCN(c2nccs2)C1)N1CCC[C@H](n2cccn2)C1. The zero-order chi connectivity index (χ0) is 16.4. The molecule has 0 aromatic carbocycles. The van der Waals surface area contributed by atoms with Gasteiger partial charge in [0, 0.05) is 50.1 Å². The molecular weight excluding hydrogens is 322 g/mol. The second kappa shape index (κ2) is 6.93. The summed E-state index contributed by atoms with van der Waals surface area (Å²) in [4.78, 5) is 21.8. The fraction of sp³-hybridized carbons (Fsp3) is 0.588. The Morgan fingerprint density at radius 3 is 2.88 bits per heavy atom. The molecule has 6 nitrogen and oxygen atoms in total. The van der Waals surface area contributed by atoms with Gasteiger partial charge in [-0.25, -0.2) is 4.98 Å². The standard InChI is InChI=1S/C17H23N5OS/c23-16(14-4-1-9-21(12-14)17-18-7-11-24-17)20-8-2-5-15(13-20)22-10-3-6-19-22/h3,6-7,10-11,14-15H,1-2,4-5,8-9,12-13H2/t14-,15+/m1/s1. The molecule has 4 heterocycles. The van der Waals surface area contributed by atoms with Crippen LogP contribution < -0.4 is 4.90 Å². The molecule has 0 N–H and O–H groups in total. The Balaban J connectivity index is 1.41. The van der Waals surface area contributed by atoms with E-state index in [9.17, 15) is 4.79 Å². The number of hydrogen-bond donors (Lipinski definition) is 0. The molecule has 2 aliphatic rings. The second-order valence-electron chi connectivity index (χ2n) is 6.67. The summed E-state index contributed by atoms with van der Waals surface area (Å²) < 4.78 is 2.00. The van der Waals surface area contributed by atoms with Crippen LogP contribution in [0, 0.1) is 5.92 Å². The molecule has 0 bridgehead atoms. The van der Waals surface area contributed by atoms with Gasteiger partial charge in [-0.1, -0.05) is 0 Å². The van der Waals surface area contributed by atoms with Gasteiger partial charge in [-0.15, -0.1) is 11.3 Å². The highest BCUT2D eigenvalue weighted by Gasteiger charge is 2.33. The van der Waals surface area contributed by atoms with Gasteiger partial charge in [0.2, 0.25) is 5.91 Å². The first kappa shape index (κ1) is 15.6. The van der Waals surface area contributed by atoms with Gasteiger partial charge in [-0.2, -0.15) is 5.10 Å². The predicted octanol–water partition coefficient (Wildman–Crippen LogP) is 2.42. The molecule has 7 heteroatoms. The van der Waals surface area contributed by atoms with Crippen LogP contribution in [0.2, 0.25) is 0 Å². The van der Waals surface area contributed by atoms with E-state index in [1.165, 1.54) is 0 Å². The zero-order valence-electron chi connectivity index (χ0n) is 13.8. The van der Waals surface area contributed by atoms with Crippen LogP contribution in [0.15, 0.2) is 30.0 Å². The van der Waals surface area contributed by atoms with Gasteiger partial charge in [0.15, 0.2) is 5.13 Å². The first-order valence-electron chi connectivity index (χ1n) is 8.73. The average molecular weight is 345 g/mol. The molecule has 128 valence electrons. The number of likely N-dealkylation sites (tertiary alicyclic amines) is 1. The summed E-state index contributed by atoms with van der Waals surface area (Å²) >= 11 is 1.66. The number of amides is 1. The molecule has 2 atom stereocenters. The van der Waals surface area contributed by atoms with Crippen molar-refractivity contribution in [3.8, 4) is 0 Å². The van der Waals surface area contributed by atoms with Gasteiger partial charge >= 0.3 is 0 Å². The summed E-state index contributed by atoms with van der Waals surface area (Å²) in [6, 6.07) is 2.27. The largest absolute Gasteiger partial charge is 0.347 e. The monoisotopic (exact) mass is 345 g/mol. The highest BCUT2D eigenvalue weighted by atomic mass is 32.1. The third-order valence-corrected chi connectivity index (χ3v) is 5.90. The van der Waals surface area contributed by atoms with Gasteiger partial charge in [0.05, 0.1) is 12.0 Å². The number of carbonyl (C=O) groups is 1. The third kappa shape index (κ3) is 3.17. The van der Waals surface area contributed by atoms with Crippen LogP contribution in [0.3, 0.4) is 0 Å². The number of piperidine rings is 2. The van der Waals surface area contributed by atoms with Gasteiger partial charge in [-0.05, 0) is 31.7 Å². The van der Waals surface area contributed by atoms with E-state index in [-0.39, 0.29) is 5.92 Å². The van der Waals surface area contributed by atoms with Crippen molar-refractivity contribution in [2.75, 3.05) is 31.1 Å².